The lowest BCUT2D eigenvalue weighted by molar-refractivity contribution is -0.125. The van der Waals surface area contributed by atoms with Crippen LogP contribution in [0.3, 0.4) is 0 Å². The van der Waals surface area contributed by atoms with Crippen molar-refractivity contribution in [3.8, 4) is 0 Å². The second-order valence-electron chi connectivity index (χ2n) is 5.46. The van der Waals surface area contributed by atoms with Gasteiger partial charge in [-0.2, -0.15) is 0 Å². The smallest absolute Gasteiger partial charge is 0.220 e. The maximum atomic E-state index is 11.9. The van der Waals surface area contributed by atoms with Gasteiger partial charge in [0.1, 0.15) is 6.10 Å². The Bertz CT molecular complexity index is 280. The van der Waals surface area contributed by atoms with E-state index in [0.717, 1.165) is 19.4 Å². The van der Waals surface area contributed by atoms with Crippen molar-refractivity contribution in [2.75, 3.05) is 40.0 Å². The molecule has 2 saturated heterocycles. The average molecular weight is 270 g/mol. The zero-order chi connectivity index (χ0) is 13.5. The number of nitrogens with zero attached hydrogens (tertiary/aromatic N) is 1. The molecule has 0 aliphatic carbocycles. The molecule has 110 valence electrons. The van der Waals surface area contributed by atoms with E-state index in [1.54, 1.807) is 7.11 Å². The molecule has 2 fully saturated rings. The first-order valence-electron chi connectivity index (χ1n) is 7.42. The van der Waals surface area contributed by atoms with E-state index in [2.05, 4.69) is 10.2 Å². The summed E-state index contributed by atoms with van der Waals surface area (Å²) in [6.45, 7) is 4.74. The molecule has 19 heavy (non-hydrogen) atoms. The van der Waals surface area contributed by atoms with Crippen LogP contribution in [0.1, 0.15) is 32.1 Å². The van der Waals surface area contributed by atoms with Crippen molar-refractivity contribution in [1.82, 2.24) is 10.2 Å². The van der Waals surface area contributed by atoms with Crippen LogP contribution < -0.4 is 5.32 Å². The third-order valence-electron chi connectivity index (χ3n) is 4.03. The quantitative estimate of drug-likeness (QED) is 0.775. The maximum absolute atomic E-state index is 11.9. The molecular weight excluding hydrogens is 244 g/mol. The van der Waals surface area contributed by atoms with Crippen LogP contribution in [0.25, 0.3) is 0 Å². The van der Waals surface area contributed by atoms with Crippen LogP contribution >= 0.6 is 0 Å². The first-order valence-corrected chi connectivity index (χ1v) is 7.42. The third kappa shape index (κ3) is 4.75. The summed E-state index contributed by atoms with van der Waals surface area (Å²) >= 11 is 0. The molecule has 0 bridgehead atoms. The maximum Gasteiger partial charge on any atom is 0.220 e. The monoisotopic (exact) mass is 270 g/mol. The molecule has 0 aromatic heterocycles. The number of methoxy groups -OCH3 is 1. The molecule has 1 amide bonds. The number of amides is 1. The SMILES string of the molecule is CO[C@H]1COCC[C@@H]1NC(=O)CCCN1CCCC1. The molecular formula is C14H26N2O3. The van der Waals surface area contributed by atoms with Gasteiger partial charge in [0.25, 0.3) is 0 Å². The molecule has 2 atom stereocenters. The Balaban J connectivity index is 1.62. The van der Waals surface area contributed by atoms with Gasteiger partial charge in [-0.25, -0.2) is 0 Å². The minimum Gasteiger partial charge on any atom is -0.379 e. The third-order valence-corrected chi connectivity index (χ3v) is 4.03. The number of nitrogens with one attached hydrogen (secondary N) is 1. The molecule has 0 radical (unpaired) electrons. The lowest BCUT2D eigenvalue weighted by Gasteiger charge is -2.31. The molecule has 1 N–H and O–H groups in total. The number of carbonyl (C=O) groups excluding carboxylic acids is 1. The van der Waals surface area contributed by atoms with Crippen molar-refractivity contribution in [3.63, 3.8) is 0 Å². The van der Waals surface area contributed by atoms with Gasteiger partial charge in [0.2, 0.25) is 5.91 Å². The van der Waals surface area contributed by atoms with Gasteiger partial charge >= 0.3 is 0 Å². The highest BCUT2D eigenvalue weighted by atomic mass is 16.5. The minimum atomic E-state index is -0.00344. The van der Waals surface area contributed by atoms with Crippen molar-refractivity contribution in [2.24, 2.45) is 0 Å². The van der Waals surface area contributed by atoms with Crippen LogP contribution in [0.15, 0.2) is 0 Å². The summed E-state index contributed by atoms with van der Waals surface area (Å²) in [6.07, 6.45) is 5.03. The second kappa shape index (κ2) is 7.82. The molecule has 2 aliphatic heterocycles. The van der Waals surface area contributed by atoms with Crippen LogP contribution in [0.4, 0.5) is 0 Å². The summed E-state index contributed by atoms with van der Waals surface area (Å²) in [6, 6.07) is 0.109. The van der Waals surface area contributed by atoms with Crippen LogP contribution in [0.2, 0.25) is 0 Å². The molecule has 2 aliphatic rings. The fourth-order valence-electron chi connectivity index (χ4n) is 2.86. The van der Waals surface area contributed by atoms with E-state index in [9.17, 15) is 4.79 Å². The Hall–Kier alpha value is -0.650. The van der Waals surface area contributed by atoms with Crippen LogP contribution in [-0.2, 0) is 14.3 Å². The van der Waals surface area contributed by atoms with Gasteiger partial charge in [0.15, 0.2) is 0 Å². The van der Waals surface area contributed by atoms with Crippen molar-refractivity contribution < 1.29 is 14.3 Å². The lowest BCUT2D eigenvalue weighted by atomic mass is 10.1. The van der Waals surface area contributed by atoms with E-state index >= 15 is 0 Å². The van der Waals surface area contributed by atoms with E-state index in [-0.39, 0.29) is 18.1 Å². The highest BCUT2D eigenvalue weighted by Gasteiger charge is 2.26. The van der Waals surface area contributed by atoms with E-state index in [0.29, 0.717) is 19.6 Å². The number of rotatable bonds is 6. The molecule has 0 aromatic carbocycles. The predicted molar refractivity (Wildman–Crippen MR) is 73.1 cm³/mol. The summed E-state index contributed by atoms with van der Waals surface area (Å²) < 4.78 is 10.7. The number of ether oxygens (including phenoxy) is 2. The standard InChI is InChI=1S/C14H26N2O3/c1-18-13-11-19-10-6-12(13)15-14(17)5-4-9-16-7-2-3-8-16/h12-13H,2-11H2,1H3,(H,15,17)/t12-,13-/m0/s1. The predicted octanol–water partition coefficient (Wildman–Crippen LogP) is 0.783. The van der Waals surface area contributed by atoms with Gasteiger partial charge < -0.3 is 19.7 Å². The van der Waals surface area contributed by atoms with E-state index in [4.69, 9.17) is 9.47 Å². The molecule has 0 aromatic rings. The molecule has 0 saturated carbocycles. The molecule has 5 heteroatoms. The summed E-state index contributed by atoms with van der Waals surface area (Å²) in [4.78, 5) is 14.4. The van der Waals surface area contributed by atoms with Crippen LogP contribution in [0, 0.1) is 0 Å². The van der Waals surface area contributed by atoms with Crippen LogP contribution in [0.5, 0.6) is 0 Å². The average Bonchev–Trinajstić information content (AvgIpc) is 2.92. The number of hydrogen-bond acceptors (Lipinski definition) is 4. The largest absolute Gasteiger partial charge is 0.379 e. The van der Waals surface area contributed by atoms with E-state index < -0.39 is 0 Å². The fraction of sp³-hybridized carbons (Fsp3) is 0.929. The highest BCUT2D eigenvalue weighted by molar-refractivity contribution is 5.76. The molecule has 5 nitrogen and oxygen atoms in total. The molecule has 2 heterocycles. The van der Waals surface area contributed by atoms with Crippen molar-refractivity contribution in [1.29, 1.82) is 0 Å². The molecule has 0 spiro atoms. The fourth-order valence-corrected chi connectivity index (χ4v) is 2.86. The number of hydrogen-bond donors (Lipinski definition) is 1. The van der Waals surface area contributed by atoms with Crippen molar-refractivity contribution in [2.45, 2.75) is 44.2 Å². The van der Waals surface area contributed by atoms with Gasteiger partial charge in [-0.05, 0) is 45.3 Å². The Morgan fingerprint density at radius 1 is 1.42 bits per heavy atom. The lowest BCUT2D eigenvalue weighted by Crippen LogP contribution is -2.49. The molecule has 2 rings (SSSR count). The van der Waals surface area contributed by atoms with Gasteiger partial charge in [0, 0.05) is 20.1 Å². The van der Waals surface area contributed by atoms with Gasteiger partial charge in [-0.15, -0.1) is 0 Å². The highest BCUT2D eigenvalue weighted by Crippen LogP contribution is 2.12. The van der Waals surface area contributed by atoms with Gasteiger partial charge in [-0.1, -0.05) is 0 Å². The summed E-state index contributed by atoms with van der Waals surface area (Å²) in [7, 11) is 1.67. The van der Waals surface area contributed by atoms with E-state index in [1.807, 2.05) is 0 Å². The summed E-state index contributed by atoms with van der Waals surface area (Å²) in [5.41, 5.74) is 0. The molecule has 0 unspecified atom stereocenters. The Morgan fingerprint density at radius 2 is 2.21 bits per heavy atom. The number of carbonyl (C=O) groups is 1. The second-order valence-corrected chi connectivity index (χ2v) is 5.46. The van der Waals surface area contributed by atoms with Gasteiger partial charge in [-0.3, -0.25) is 4.79 Å². The first kappa shape index (κ1) is 14.8. The Kier molecular flexibility index (Phi) is 6.07. The van der Waals surface area contributed by atoms with Crippen LogP contribution in [-0.4, -0.2) is 62.9 Å². The normalized spacial score (nSPS) is 28.5. The Morgan fingerprint density at radius 3 is 2.95 bits per heavy atom. The first-order chi connectivity index (χ1) is 9.29. The van der Waals surface area contributed by atoms with Crippen molar-refractivity contribution in [3.05, 3.63) is 0 Å². The number of likely N-dealkylation sites (tertiary alicyclic amines) is 1. The minimum absolute atomic E-state index is 0.00344. The topological polar surface area (TPSA) is 50.8 Å². The van der Waals surface area contributed by atoms with Crippen molar-refractivity contribution >= 4 is 5.91 Å². The zero-order valence-corrected chi connectivity index (χ0v) is 11.9. The van der Waals surface area contributed by atoms with Gasteiger partial charge in [0.05, 0.1) is 12.6 Å². The zero-order valence-electron chi connectivity index (χ0n) is 11.9. The Labute approximate surface area is 115 Å². The summed E-state index contributed by atoms with van der Waals surface area (Å²) in [5.74, 6) is 0.146. The summed E-state index contributed by atoms with van der Waals surface area (Å²) in [5, 5.41) is 3.08. The van der Waals surface area contributed by atoms with E-state index in [1.165, 1.54) is 25.9 Å².